The van der Waals surface area contributed by atoms with E-state index in [1.54, 1.807) is 24.1 Å². The first-order chi connectivity index (χ1) is 17.5. The van der Waals surface area contributed by atoms with Crippen LogP contribution in [0.2, 0.25) is 0 Å². The molecule has 7 nitrogen and oxygen atoms in total. The van der Waals surface area contributed by atoms with Gasteiger partial charge < -0.3 is 14.6 Å². The fourth-order valence-electron chi connectivity index (χ4n) is 5.53. The largest absolute Gasteiger partial charge is 0.416 e. The summed E-state index contributed by atoms with van der Waals surface area (Å²) in [5.41, 5.74) is 0.540. The summed E-state index contributed by atoms with van der Waals surface area (Å²) < 4.78 is 42.6. The predicted molar refractivity (Wildman–Crippen MR) is 131 cm³/mol. The van der Waals surface area contributed by atoms with Crippen molar-refractivity contribution in [1.29, 1.82) is 0 Å². The average molecular weight is 514 g/mol. The lowest BCUT2D eigenvalue weighted by Crippen LogP contribution is -2.44. The number of pyridine rings is 1. The lowest BCUT2D eigenvalue weighted by Gasteiger charge is -2.37. The van der Waals surface area contributed by atoms with E-state index in [9.17, 15) is 23.1 Å². The van der Waals surface area contributed by atoms with Gasteiger partial charge in [-0.2, -0.15) is 13.2 Å². The van der Waals surface area contributed by atoms with Gasteiger partial charge in [0.1, 0.15) is 11.4 Å². The van der Waals surface area contributed by atoms with Gasteiger partial charge >= 0.3 is 6.18 Å². The topological polar surface area (TPSA) is 83.6 Å². The number of alkyl halides is 3. The molecule has 10 heteroatoms. The Balaban J connectivity index is 1.61. The van der Waals surface area contributed by atoms with Crippen molar-refractivity contribution in [2.45, 2.75) is 70.8 Å². The van der Waals surface area contributed by atoms with E-state index in [0.29, 0.717) is 48.1 Å². The maximum Gasteiger partial charge on any atom is 0.416 e. The van der Waals surface area contributed by atoms with Gasteiger partial charge in [-0.3, -0.25) is 14.8 Å². The minimum Gasteiger partial charge on any atom is -0.383 e. The molecule has 1 aromatic carbocycles. The molecule has 2 aliphatic rings. The van der Waals surface area contributed by atoms with Crippen LogP contribution in [0.3, 0.4) is 0 Å². The van der Waals surface area contributed by atoms with Crippen molar-refractivity contribution in [1.82, 2.24) is 19.4 Å². The lowest BCUT2D eigenvalue weighted by atomic mass is 9.87. The highest BCUT2D eigenvalue weighted by atomic mass is 19.4. The second-order valence-corrected chi connectivity index (χ2v) is 10.1. The quantitative estimate of drug-likeness (QED) is 0.569. The first kappa shape index (κ1) is 25.4. The van der Waals surface area contributed by atoms with Gasteiger partial charge in [0.15, 0.2) is 5.49 Å². The fourth-order valence-corrected chi connectivity index (χ4v) is 5.53. The number of fused-ring (bicyclic) bond motifs is 3. The number of piperidine rings is 1. The zero-order valence-corrected chi connectivity index (χ0v) is 21.1. The maximum atomic E-state index is 13.5. The van der Waals surface area contributed by atoms with Gasteiger partial charge in [0, 0.05) is 38.4 Å². The second kappa shape index (κ2) is 9.24. The first-order valence-electron chi connectivity index (χ1n) is 12.6. The molecule has 1 atom stereocenters. The van der Waals surface area contributed by atoms with E-state index in [-0.39, 0.29) is 11.5 Å². The smallest absolute Gasteiger partial charge is 0.383 e. The van der Waals surface area contributed by atoms with E-state index < -0.39 is 23.4 Å². The summed E-state index contributed by atoms with van der Waals surface area (Å²) in [6.07, 6.45) is -0.271. The summed E-state index contributed by atoms with van der Waals surface area (Å²) in [5.74, 6) is 0.840. The number of aliphatic hydroxyl groups is 1. The van der Waals surface area contributed by atoms with Gasteiger partial charge in [0.2, 0.25) is 5.91 Å². The number of likely N-dealkylation sites (tertiary alicyclic amines) is 1. The van der Waals surface area contributed by atoms with Crippen molar-refractivity contribution in [2.75, 3.05) is 13.1 Å². The number of hydrogen-bond acceptors (Lipinski definition) is 5. The monoisotopic (exact) mass is 513 g/mol. The molecule has 3 aromatic rings. The summed E-state index contributed by atoms with van der Waals surface area (Å²) >= 11 is 0. The van der Waals surface area contributed by atoms with Crippen LogP contribution in [0.25, 0.3) is 10.9 Å². The SMILES string of the molecule is CC(=O)N1CCC(O)(c2cc3c(=NC(C)c4cccc(C(F)(F)F)c4C)nc4n(c3cn2)CCC4)CC1. The van der Waals surface area contributed by atoms with Crippen LogP contribution in [0.4, 0.5) is 13.2 Å². The number of carbonyl (C=O) groups is 1. The van der Waals surface area contributed by atoms with E-state index >= 15 is 0 Å². The standard InChI is InChI=1S/C27H30F3N5O2/c1-16-19(6-4-7-21(16)27(28,29)30)17(2)32-25-20-14-23(26(37)9-12-34(13-10-26)18(3)36)31-15-22(20)35-11-5-8-24(35)33-25/h4,6-7,14-15,17,37H,5,8-13H2,1-3H3. The molecule has 2 aromatic heterocycles. The Morgan fingerprint density at radius 2 is 1.95 bits per heavy atom. The molecule has 1 N–H and O–H groups in total. The molecular weight excluding hydrogens is 483 g/mol. The molecule has 0 bridgehead atoms. The number of aromatic nitrogens is 3. The Morgan fingerprint density at radius 3 is 2.62 bits per heavy atom. The maximum absolute atomic E-state index is 13.5. The third-order valence-corrected chi connectivity index (χ3v) is 7.70. The number of halogens is 3. The molecule has 1 unspecified atom stereocenters. The van der Waals surface area contributed by atoms with Gasteiger partial charge in [-0.1, -0.05) is 12.1 Å². The number of nitrogens with zero attached hydrogens (tertiary/aromatic N) is 5. The summed E-state index contributed by atoms with van der Waals surface area (Å²) in [6, 6.07) is 5.40. The molecule has 2 aliphatic heterocycles. The molecule has 1 fully saturated rings. The molecular formula is C27H30F3N5O2. The number of amides is 1. The molecule has 0 aliphatic carbocycles. The van der Waals surface area contributed by atoms with Gasteiger partial charge in [-0.15, -0.1) is 0 Å². The highest BCUT2D eigenvalue weighted by Gasteiger charge is 2.37. The summed E-state index contributed by atoms with van der Waals surface area (Å²) in [5, 5.41) is 12.1. The Morgan fingerprint density at radius 1 is 1.22 bits per heavy atom. The zero-order chi connectivity index (χ0) is 26.5. The molecule has 196 valence electrons. The van der Waals surface area contributed by atoms with Crippen molar-refractivity contribution in [3.8, 4) is 0 Å². The zero-order valence-electron chi connectivity index (χ0n) is 21.1. The first-order valence-corrected chi connectivity index (χ1v) is 12.6. The van der Waals surface area contributed by atoms with Crippen molar-refractivity contribution in [2.24, 2.45) is 4.99 Å². The molecule has 1 saturated heterocycles. The Labute approximate surface area is 212 Å². The highest BCUT2D eigenvalue weighted by molar-refractivity contribution is 5.78. The van der Waals surface area contributed by atoms with Crippen LogP contribution in [0, 0.1) is 6.92 Å². The van der Waals surface area contributed by atoms with Crippen molar-refractivity contribution < 1.29 is 23.1 Å². The van der Waals surface area contributed by atoms with Crippen LogP contribution in [0.1, 0.15) is 67.4 Å². The van der Waals surface area contributed by atoms with E-state index in [4.69, 9.17) is 9.98 Å². The van der Waals surface area contributed by atoms with Gasteiger partial charge in [-0.25, -0.2) is 4.98 Å². The van der Waals surface area contributed by atoms with Gasteiger partial charge in [0.25, 0.3) is 0 Å². The molecule has 4 heterocycles. The second-order valence-electron chi connectivity index (χ2n) is 10.1. The van der Waals surface area contributed by atoms with Crippen LogP contribution in [0.5, 0.6) is 0 Å². The normalized spacial score (nSPS) is 18.8. The van der Waals surface area contributed by atoms with Gasteiger partial charge in [-0.05, 0) is 56.4 Å². The Hall–Kier alpha value is -3.27. The van der Waals surface area contributed by atoms with Gasteiger partial charge in [0.05, 0.1) is 29.0 Å². The van der Waals surface area contributed by atoms with Crippen molar-refractivity contribution in [3.63, 3.8) is 0 Å². The number of carbonyl (C=O) groups excluding carboxylic acids is 1. The number of rotatable bonds is 3. The molecule has 0 radical (unpaired) electrons. The molecule has 1 amide bonds. The molecule has 0 saturated carbocycles. The fraction of sp³-hybridized carbons (Fsp3) is 0.481. The minimum absolute atomic E-state index is 0.0235. The van der Waals surface area contributed by atoms with Crippen LogP contribution < -0.4 is 5.49 Å². The summed E-state index contributed by atoms with van der Waals surface area (Å²) in [6.45, 7) is 6.42. The third-order valence-electron chi connectivity index (χ3n) is 7.70. The van der Waals surface area contributed by atoms with E-state index in [1.807, 2.05) is 6.07 Å². The highest BCUT2D eigenvalue weighted by Crippen LogP contribution is 2.36. The Bertz CT molecular complexity index is 1440. The van der Waals surface area contributed by atoms with E-state index in [1.165, 1.54) is 19.9 Å². The number of aryl methyl sites for hydroxylation is 2. The average Bonchev–Trinajstić information content (AvgIpc) is 3.32. The Kier molecular flexibility index (Phi) is 6.34. The molecule has 37 heavy (non-hydrogen) atoms. The third kappa shape index (κ3) is 4.63. The van der Waals surface area contributed by atoms with Crippen LogP contribution in [-0.2, 0) is 29.5 Å². The molecule has 5 rings (SSSR count). The van der Waals surface area contributed by atoms with Crippen LogP contribution in [-0.4, -0.2) is 43.5 Å². The predicted octanol–water partition coefficient (Wildman–Crippen LogP) is 4.20. The van der Waals surface area contributed by atoms with Crippen molar-refractivity contribution in [3.05, 3.63) is 64.2 Å². The number of hydrogen-bond donors (Lipinski definition) is 1. The van der Waals surface area contributed by atoms with E-state index in [0.717, 1.165) is 36.8 Å². The molecule has 0 spiro atoms. The van der Waals surface area contributed by atoms with Crippen molar-refractivity contribution >= 4 is 16.8 Å². The number of benzene rings is 1. The van der Waals surface area contributed by atoms with E-state index in [2.05, 4.69) is 9.55 Å². The lowest BCUT2D eigenvalue weighted by molar-refractivity contribution is -0.138. The van der Waals surface area contributed by atoms with Crippen LogP contribution in [0.15, 0.2) is 35.5 Å². The summed E-state index contributed by atoms with van der Waals surface area (Å²) in [4.78, 5) is 27.7. The van der Waals surface area contributed by atoms with Crippen LogP contribution >= 0.6 is 0 Å². The summed E-state index contributed by atoms with van der Waals surface area (Å²) in [7, 11) is 0. The minimum atomic E-state index is -4.44.